The molecule has 0 amide bonds. The van der Waals surface area contributed by atoms with Crippen molar-refractivity contribution in [2.75, 3.05) is 13.7 Å². The van der Waals surface area contributed by atoms with Gasteiger partial charge >= 0.3 is 0 Å². The van der Waals surface area contributed by atoms with Gasteiger partial charge in [-0.2, -0.15) is 0 Å². The van der Waals surface area contributed by atoms with E-state index in [0.717, 1.165) is 11.3 Å². The summed E-state index contributed by atoms with van der Waals surface area (Å²) in [5, 5.41) is 9.13. The van der Waals surface area contributed by atoms with Gasteiger partial charge in [-0.05, 0) is 52.2 Å². The second-order valence-corrected chi connectivity index (χ2v) is 7.45. The molecule has 1 unspecified atom stereocenters. The van der Waals surface area contributed by atoms with E-state index in [4.69, 9.17) is 20.3 Å². The lowest BCUT2D eigenvalue weighted by Crippen LogP contribution is -2.26. The first-order chi connectivity index (χ1) is 14.0. The van der Waals surface area contributed by atoms with Gasteiger partial charge in [0.2, 0.25) is 0 Å². The maximum atomic E-state index is 12.7. The molecule has 1 heterocycles. The van der Waals surface area contributed by atoms with Crippen molar-refractivity contribution in [3.05, 3.63) is 74.6 Å². The van der Waals surface area contributed by atoms with Gasteiger partial charge in [0.1, 0.15) is 11.1 Å². The van der Waals surface area contributed by atoms with E-state index >= 15 is 0 Å². The second kappa shape index (κ2) is 10.7. The Kier molecular flexibility index (Phi) is 8.54. The molecule has 162 valence electrons. The number of hydrogen-bond acceptors (Lipinski definition) is 5. The number of para-hydroxylation sites is 1. The molecule has 0 aliphatic rings. The minimum absolute atomic E-state index is 0. The van der Waals surface area contributed by atoms with Crippen LogP contribution in [-0.2, 0) is 20.1 Å². The Morgan fingerprint density at radius 3 is 2.50 bits per heavy atom. The number of aromatic nitrogens is 2. The highest BCUT2D eigenvalue weighted by Gasteiger charge is 2.18. The van der Waals surface area contributed by atoms with Gasteiger partial charge in [-0.1, -0.05) is 24.3 Å². The average molecular weight is 499 g/mol. The van der Waals surface area contributed by atoms with Crippen LogP contribution in [0.2, 0.25) is 0 Å². The number of nitrogens with zero attached hydrogens (tertiary/aromatic N) is 2. The number of methoxy groups -OCH3 is 1. The summed E-state index contributed by atoms with van der Waals surface area (Å²) in [5.41, 5.74) is 8.07. The van der Waals surface area contributed by atoms with E-state index in [1.807, 2.05) is 49.5 Å². The number of benzene rings is 2. The first-order valence-electron chi connectivity index (χ1n) is 9.14. The standard InChI is InChI=1S/C21H24BrN3O4.ClH/c1-24-17(20(22)21(27)25(24)16-6-4-3-5-7-16)13-29-18-9-8-14(10-15(23)12-26)11-19(18)28-2;/h3-9,11,15,26H,10,12-13,23H2,1-2H3;1H. The summed E-state index contributed by atoms with van der Waals surface area (Å²) in [4.78, 5) is 12.7. The maximum absolute atomic E-state index is 12.7. The Labute approximate surface area is 189 Å². The summed E-state index contributed by atoms with van der Waals surface area (Å²) in [6, 6.07) is 14.6. The van der Waals surface area contributed by atoms with Crippen molar-refractivity contribution in [3.8, 4) is 17.2 Å². The SMILES string of the molecule is COc1cc(CC(N)CO)ccc1OCc1c(Br)c(=O)n(-c2ccccc2)n1C.Cl. The fourth-order valence-electron chi connectivity index (χ4n) is 3.10. The van der Waals surface area contributed by atoms with Crippen LogP contribution in [0.25, 0.3) is 5.69 Å². The van der Waals surface area contributed by atoms with Crippen molar-refractivity contribution < 1.29 is 14.6 Å². The van der Waals surface area contributed by atoms with Crippen LogP contribution in [0.5, 0.6) is 11.5 Å². The molecule has 3 N–H and O–H groups in total. The third kappa shape index (κ3) is 5.07. The molecular formula is C21H25BrClN3O4. The monoisotopic (exact) mass is 497 g/mol. The van der Waals surface area contributed by atoms with Gasteiger partial charge in [0.15, 0.2) is 11.5 Å². The van der Waals surface area contributed by atoms with E-state index in [0.29, 0.717) is 28.1 Å². The number of ether oxygens (including phenoxy) is 2. The molecule has 0 aliphatic carbocycles. The maximum Gasteiger partial charge on any atom is 0.286 e. The average Bonchev–Trinajstić information content (AvgIpc) is 2.95. The van der Waals surface area contributed by atoms with Crippen LogP contribution < -0.4 is 20.8 Å². The van der Waals surface area contributed by atoms with Gasteiger partial charge in [0.25, 0.3) is 5.56 Å². The molecule has 0 bridgehead atoms. The first kappa shape index (κ1) is 24.0. The van der Waals surface area contributed by atoms with Crippen molar-refractivity contribution in [2.45, 2.75) is 19.1 Å². The molecule has 3 aromatic rings. The third-order valence-electron chi connectivity index (χ3n) is 4.65. The molecule has 3 rings (SSSR count). The zero-order valence-electron chi connectivity index (χ0n) is 16.7. The first-order valence-corrected chi connectivity index (χ1v) is 9.93. The molecule has 30 heavy (non-hydrogen) atoms. The van der Waals surface area contributed by atoms with Gasteiger partial charge in [-0.15, -0.1) is 12.4 Å². The Morgan fingerprint density at radius 2 is 1.87 bits per heavy atom. The normalized spacial score (nSPS) is 11.6. The van der Waals surface area contributed by atoms with E-state index in [1.54, 1.807) is 22.5 Å². The van der Waals surface area contributed by atoms with Crippen molar-refractivity contribution in [1.82, 2.24) is 9.36 Å². The number of aliphatic hydroxyl groups excluding tert-OH is 1. The van der Waals surface area contributed by atoms with Gasteiger partial charge in [-0.25, -0.2) is 4.68 Å². The van der Waals surface area contributed by atoms with Gasteiger partial charge in [0, 0.05) is 13.1 Å². The van der Waals surface area contributed by atoms with Gasteiger partial charge in [0.05, 0.1) is 25.1 Å². The van der Waals surface area contributed by atoms with E-state index in [2.05, 4.69) is 15.9 Å². The molecule has 0 radical (unpaired) electrons. The Bertz CT molecular complexity index is 1040. The summed E-state index contributed by atoms with van der Waals surface area (Å²) in [6.07, 6.45) is 0.535. The van der Waals surface area contributed by atoms with Gasteiger partial charge < -0.3 is 20.3 Å². The summed E-state index contributed by atoms with van der Waals surface area (Å²) < 4.78 is 15.2. The minimum atomic E-state index is -0.324. The summed E-state index contributed by atoms with van der Waals surface area (Å²) in [5.74, 6) is 1.12. The quantitative estimate of drug-likeness (QED) is 0.498. The number of rotatable bonds is 8. The topological polar surface area (TPSA) is 91.6 Å². The lowest BCUT2D eigenvalue weighted by molar-refractivity contribution is 0.264. The van der Waals surface area contributed by atoms with Crippen molar-refractivity contribution in [3.63, 3.8) is 0 Å². The van der Waals surface area contributed by atoms with Crippen molar-refractivity contribution in [1.29, 1.82) is 0 Å². The highest BCUT2D eigenvalue weighted by Crippen LogP contribution is 2.30. The summed E-state index contributed by atoms with van der Waals surface area (Å²) in [6.45, 7) is 0.0963. The number of aliphatic hydroxyl groups is 1. The summed E-state index contributed by atoms with van der Waals surface area (Å²) >= 11 is 3.40. The van der Waals surface area contributed by atoms with Crippen LogP contribution in [-0.4, -0.2) is 34.2 Å². The van der Waals surface area contributed by atoms with Gasteiger partial charge in [-0.3, -0.25) is 9.48 Å². The third-order valence-corrected chi connectivity index (χ3v) is 5.45. The lowest BCUT2D eigenvalue weighted by Gasteiger charge is -2.15. The smallest absolute Gasteiger partial charge is 0.286 e. The van der Waals surface area contributed by atoms with Crippen LogP contribution >= 0.6 is 28.3 Å². The van der Waals surface area contributed by atoms with Crippen LogP contribution in [0, 0.1) is 0 Å². The number of hydrogen-bond donors (Lipinski definition) is 2. The Hall–Kier alpha value is -2.26. The minimum Gasteiger partial charge on any atom is -0.493 e. The molecule has 7 nitrogen and oxygen atoms in total. The largest absolute Gasteiger partial charge is 0.493 e. The molecule has 0 saturated heterocycles. The molecular weight excluding hydrogens is 474 g/mol. The van der Waals surface area contributed by atoms with Crippen LogP contribution in [0.1, 0.15) is 11.3 Å². The lowest BCUT2D eigenvalue weighted by atomic mass is 10.1. The molecule has 1 aromatic heterocycles. The predicted octanol–water partition coefficient (Wildman–Crippen LogP) is 2.81. The molecule has 9 heteroatoms. The molecule has 0 aliphatic heterocycles. The number of halogens is 2. The summed E-state index contributed by atoms with van der Waals surface area (Å²) in [7, 11) is 3.38. The zero-order valence-corrected chi connectivity index (χ0v) is 19.1. The van der Waals surface area contributed by atoms with Crippen LogP contribution in [0.3, 0.4) is 0 Å². The fraction of sp³-hybridized carbons (Fsp3) is 0.286. The molecule has 0 saturated carbocycles. The Balaban J connectivity index is 0.00000320. The highest BCUT2D eigenvalue weighted by molar-refractivity contribution is 9.10. The van der Waals surface area contributed by atoms with E-state index < -0.39 is 0 Å². The van der Waals surface area contributed by atoms with E-state index in [9.17, 15) is 4.79 Å². The Morgan fingerprint density at radius 1 is 1.17 bits per heavy atom. The second-order valence-electron chi connectivity index (χ2n) is 6.66. The zero-order chi connectivity index (χ0) is 21.0. The molecule has 0 fully saturated rings. The molecule has 0 spiro atoms. The fourth-order valence-corrected chi connectivity index (χ4v) is 3.64. The van der Waals surface area contributed by atoms with Crippen molar-refractivity contribution >= 4 is 28.3 Å². The molecule has 2 aromatic carbocycles. The number of nitrogens with two attached hydrogens (primary N) is 1. The van der Waals surface area contributed by atoms with E-state index in [-0.39, 0.29) is 37.2 Å². The highest BCUT2D eigenvalue weighted by atomic mass is 79.9. The van der Waals surface area contributed by atoms with Crippen LogP contribution in [0.4, 0.5) is 0 Å². The van der Waals surface area contributed by atoms with Crippen molar-refractivity contribution in [2.24, 2.45) is 12.8 Å². The van der Waals surface area contributed by atoms with Crippen LogP contribution in [0.15, 0.2) is 57.8 Å². The molecule has 1 atom stereocenters. The van der Waals surface area contributed by atoms with E-state index in [1.165, 1.54) is 0 Å². The predicted molar refractivity (Wildman–Crippen MR) is 122 cm³/mol.